The highest BCUT2D eigenvalue weighted by Gasteiger charge is 2.64. The van der Waals surface area contributed by atoms with Crippen molar-refractivity contribution in [3.05, 3.63) is 0 Å². The molecule has 2 unspecified atom stereocenters. The highest BCUT2D eigenvalue weighted by Crippen LogP contribution is 2.69. The van der Waals surface area contributed by atoms with Crippen LogP contribution < -0.4 is 24.0 Å². The van der Waals surface area contributed by atoms with Gasteiger partial charge in [-0.15, -0.1) is 0 Å². The molecule has 2 heteroatoms. The van der Waals surface area contributed by atoms with Crippen LogP contribution in [0.5, 0.6) is 0 Å². The average Bonchev–Trinajstić information content (AvgIpc) is 3.41. The molecule has 0 amide bonds. The Kier molecular flexibility index (Phi) is 19.4. The minimum atomic E-state index is 0. The molecule has 0 spiro atoms. The average molecular weight is 796 g/mol. The number of halogens is 1. The molecule has 4 aliphatic carbocycles. The fraction of sp³-hybridized carbons (Fsp3) is 1.00. The van der Waals surface area contributed by atoms with Crippen LogP contribution in [0.1, 0.15) is 221 Å². The maximum atomic E-state index is 2.87. The number of hydrogen-bond donors (Lipinski definition) is 0. The normalized spacial score (nSPS) is 33.5. The maximum Gasteiger partial charge on any atom is 0.0945 e. The van der Waals surface area contributed by atoms with Crippen LogP contribution in [0.25, 0.3) is 0 Å². The quantitative estimate of drug-likeness (QED) is 0.0549. The minimum absolute atomic E-state index is 0. The summed E-state index contributed by atoms with van der Waals surface area (Å²) < 4.78 is 1.31. The molecule has 0 N–H and O–H groups in total. The van der Waals surface area contributed by atoms with Crippen LogP contribution in [-0.4, -0.2) is 31.2 Å². The molecule has 1 nitrogen and oxygen atoms in total. The van der Waals surface area contributed by atoms with E-state index in [0.717, 1.165) is 47.5 Å². The van der Waals surface area contributed by atoms with Crippen LogP contribution in [0, 0.1) is 52.3 Å². The summed E-state index contributed by atoms with van der Waals surface area (Å²) in [6.45, 7) is 16.9. The summed E-state index contributed by atoms with van der Waals surface area (Å²) in [7, 11) is 5.34. The summed E-state index contributed by atoms with van der Waals surface area (Å²) in [5, 5.41) is 0. The van der Waals surface area contributed by atoms with Crippen LogP contribution in [0.4, 0.5) is 0 Å². The van der Waals surface area contributed by atoms with Gasteiger partial charge < -0.3 is 28.5 Å². The molecule has 4 saturated carbocycles. The second-order valence-corrected chi connectivity index (χ2v) is 20.3. The minimum Gasteiger partial charge on any atom is -1.00 e. The van der Waals surface area contributed by atoms with Crippen molar-refractivity contribution in [1.82, 2.24) is 0 Å². The third-order valence-corrected chi connectivity index (χ3v) is 16.3. The lowest BCUT2D eigenvalue weighted by molar-refractivity contribution is -0.926. The van der Waals surface area contributed by atoms with Gasteiger partial charge in [-0.3, -0.25) is 0 Å². The zero-order chi connectivity index (χ0) is 34.6. The van der Waals surface area contributed by atoms with Crippen molar-refractivity contribution in [1.29, 1.82) is 0 Å². The molecule has 4 rings (SSSR count). The zero-order valence-corrected chi connectivity index (χ0v) is 37.1. The van der Waals surface area contributed by atoms with Gasteiger partial charge in [-0.1, -0.05) is 151 Å². The van der Waals surface area contributed by atoms with E-state index in [1.165, 1.54) is 159 Å². The van der Waals surface area contributed by atoms with E-state index >= 15 is 0 Å². The van der Waals surface area contributed by atoms with Gasteiger partial charge in [0.05, 0.1) is 26.7 Å². The fourth-order valence-corrected chi connectivity index (χ4v) is 13.7. The van der Waals surface area contributed by atoms with Crippen LogP contribution in [0.3, 0.4) is 0 Å². The zero-order valence-electron chi connectivity index (χ0n) is 35.0. The molecule has 4 fully saturated rings. The molecule has 0 aromatic heterocycles. The van der Waals surface area contributed by atoms with Crippen LogP contribution in [0.15, 0.2) is 0 Å². The van der Waals surface area contributed by atoms with Gasteiger partial charge in [0.15, 0.2) is 0 Å². The molecule has 0 saturated heterocycles. The predicted octanol–water partition coefficient (Wildman–Crippen LogP) is 11.8. The Hall–Kier alpha value is 0.690. The molecule has 290 valence electrons. The van der Waals surface area contributed by atoms with Gasteiger partial charge in [0, 0.05) is 11.8 Å². The lowest BCUT2D eigenvalue weighted by Crippen LogP contribution is -3.00. The fourth-order valence-electron chi connectivity index (χ4n) is 13.7. The molecule has 0 bridgehead atoms. The molecule has 4 aliphatic rings. The lowest BCUT2D eigenvalue weighted by atomic mass is 9.43. The Bertz CT molecular complexity index is 881. The van der Waals surface area contributed by atoms with Crippen LogP contribution in [-0.2, 0) is 0 Å². The largest absolute Gasteiger partial charge is 1.00 e. The summed E-state index contributed by atoms with van der Waals surface area (Å²) in [5.74, 6) is 6.82. The first-order valence-corrected chi connectivity index (χ1v) is 22.9. The van der Waals surface area contributed by atoms with Crippen molar-refractivity contribution in [2.75, 3.05) is 20.6 Å². The van der Waals surface area contributed by atoms with Crippen molar-refractivity contribution in [2.24, 2.45) is 52.3 Å². The van der Waals surface area contributed by atoms with Gasteiger partial charge in [0.1, 0.15) is 0 Å². The van der Waals surface area contributed by atoms with Gasteiger partial charge in [0.25, 0.3) is 0 Å². The second kappa shape index (κ2) is 21.5. The summed E-state index contributed by atoms with van der Waals surface area (Å²) in [5.41, 5.74) is 1.20. The Morgan fingerprint density at radius 2 is 1.16 bits per heavy atom. The topological polar surface area (TPSA) is 0 Å². The van der Waals surface area contributed by atoms with E-state index in [2.05, 4.69) is 55.6 Å². The number of nitrogens with zero attached hydrogens (tertiary/aromatic N) is 1. The molecule has 49 heavy (non-hydrogen) atoms. The van der Waals surface area contributed by atoms with Crippen molar-refractivity contribution >= 4 is 0 Å². The van der Waals surface area contributed by atoms with E-state index < -0.39 is 0 Å². The van der Waals surface area contributed by atoms with Crippen molar-refractivity contribution < 1.29 is 28.5 Å². The van der Waals surface area contributed by atoms with E-state index in [4.69, 9.17) is 0 Å². The standard InChI is InChI=1S/C47H90N.HI/c1-9-10-11-12-13-14-15-16-17-18-19-20-21-22-23-24-37-48(7,8)45-30-26-29-40-31-32-41-43-34-33-42(39(4)28-25-27-38(2)3)46(43,5)36-35-44(41)47(40,45)6;/h38-45H,9-37H2,1-8H3;1H/q+1;/p-1/t39-,40?,41+,42-,43+,44+,45?,46-,47+;/m1./s1. The summed E-state index contributed by atoms with van der Waals surface area (Å²) in [6.07, 6.45) is 41.7. The van der Waals surface area contributed by atoms with Crippen molar-refractivity contribution in [3.8, 4) is 0 Å². The van der Waals surface area contributed by atoms with E-state index in [0.29, 0.717) is 10.8 Å². The third-order valence-electron chi connectivity index (χ3n) is 16.3. The van der Waals surface area contributed by atoms with Gasteiger partial charge >= 0.3 is 0 Å². The van der Waals surface area contributed by atoms with Crippen molar-refractivity contribution in [2.45, 2.75) is 227 Å². The Labute approximate surface area is 327 Å². The van der Waals surface area contributed by atoms with Gasteiger partial charge in [-0.05, 0) is 111 Å². The Morgan fingerprint density at radius 3 is 1.73 bits per heavy atom. The van der Waals surface area contributed by atoms with Gasteiger partial charge in [-0.25, -0.2) is 0 Å². The molecule has 0 aromatic carbocycles. The summed E-state index contributed by atoms with van der Waals surface area (Å²) >= 11 is 0. The molecule has 0 heterocycles. The molecular weight excluding hydrogens is 705 g/mol. The predicted molar refractivity (Wildman–Crippen MR) is 213 cm³/mol. The summed E-state index contributed by atoms with van der Waals surface area (Å²) in [6, 6.07) is 0.886. The van der Waals surface area contributed by atoms with E-state index in [9.17, 15) is 0 Å². The first-order valence-electron chi connectivity index (χ1n) is 22.9. The molecular formula is C47H90IN. The van der Waals surface area contributed by atoms with E-state index in [1.54, 1.807) is 32.1 Å². The smallest absolute Gasteiger partial charge is 0.0945 e. The molecule has 0 radical (unpaired) electrons. The maximum absolute atomic E-state index is 2.87. The number of rotatable bonds is 23. The SMILES string of the molecule is CCCCCCCCCCCCCCCCCC[N+](C)(C)C1CCCC2CC[C@@H]3[C@H](CC[C@]4(C)[C@@H]([C@H](C)CCCC(C)C)CC[C@@H]34)[C@]21C.[I-]. The first-order chi connectivity index (χ1) is 23.1. The molecule has 0 aromatic rings. The Morgan fingerprint density at radius 1 is 0.592 bits per heavy atom. The number of unbranched alkanes of at least 4 members (excludes halogenated alkanes) is 15. The van der Waals surface area contributed by atoms with E-state index in [1.807, 2.05) is 0 Å². The van der Waals surface area contributed by atoms with Crippen LogP contribution >= 0.6 is 0 Å². The number of quaternary nitrogens is 1. The van der Waals surface area contributed by atoms with Gasteiger partial charge in [-0.2, -0.15) is 0 Å². The Balaban J connectivity index is 0.00000650. The molecule has 9 atom stereocenters. The third kappa shape index (κ3) is 11.6. The number of fused-ring (bicyclic) bond motifs is 5. The van der Waals surface area contributed by atoms with Gasteiger partial charge in [0.2, 0.25) is 0 Å². The first kappa shape index (κ1) is 44.1. The summed E-state index contributed by atoms with van der Waals surface area (Å²) in [4.78, 5) is 0. The van der Waals surface area contributed by atoms with Crippen LogP contribution in [0.2, 0.25) is 0 Å². The lowest BCUT2D eigenvalue weighted by Gasteiger charge is -2.64. The molecule has 0 aliphatic heterocycles. The highest BCUT2D eigenvalue weighted by molar-refractivity contribution is 5.11. The second-order valence-electron chi connectivity index (χ2n) is 20.3. The number of hydrogen-bond acceptors (Lipinski definition) is 0. The van der Waals surface area contributed by atoms with Crippen molar-refractivity contribution in [3.63, 3.8) is 0 Å². The van der Waals surface area contributed by atoms with E-state index in [-0.39, 0.29) is 24.0 Å². The highest BCUT2D eigenvalue weighted by atomic mass is 127. The monoisotopic (exact) mass is 796 g/mol.